The van der Waals surface area contributed by atoms with Crippen molar-refractivity contribution >= 4 is 53.8 Å². The number of nitrogens with one attached hydrogen (secondary N) is 2. The van der Waals surface area contributed by atoms with Crippen molar-refractivity contribution in [2.75, 3.05) is 57.8 Å². The molecule has 0 saturated carbocycles. The van der Waals surface area contributed by atoms with Gasteiger partial charge in [-0.3, -0.25) is 24.1 Å². The van der Waals surface area contributed by atoms with Gasteiger partial charge in [0, 0.05) is 19.2 Å². The molecule has 2 aromatic carbocycles. The van der Waals surface area contributed by atoms with Crippen LogP contribution in [0.5, 0.6) is 0 Å². The van der Waals surface area contributed by atoms with Crippen LogP contribution in [0.25, 0.3) is 0 Å². The average Bonchev–Trinajstić information content (AvgIpc) is 3.41. The number of carbonyl (C=O) groups is 6. The van der Waals surface area contributed by atoms with Gasteiger partial charge in [-0.2, -0.15) is 0 Å². The molecule has 3 rings (SSSR count). The molecule has 0 radical (unpaired) electrons. The van der Waals surface area contributed by atoms with Gasteiger partial charge in [-0.1, -0.05) is 42.5 Å². The Bertz CT molecular complexity index is 1500. The molecule has 0 aromatic heterocycles. The number of imide groups is 1. The highest BCUT2D eigenvalue weighted by atomic mass is 35.5. The number of urea groups is 1. The number of benzene rings is 2. The summed E-state index contributed by atoms with van der Waals surface area (Å²) in [6.45, 7) is 5.56. The molecule has 0 bridgehead atoms. The number of halogens is 1. The largest absolute Gasteiger partial charge is 0.463 e. The molecule has 1 unspecified atom stereocenters. The Balaban J connectivity index is 0.00000972. The number of carbonyl (C=O) groups excluding carboxylic acids is 6. The number of amides is 5. The fourth-order valence-electron chi connectivity index (χ4n) is 5.05. The average molecular weight is 766 g/mol. The van der Waals surface area contributed by atoms with Crippen molar-refractivity contribution < 1.29 is 57.6 Å². The maximum atomic E-state index is 14.5. The van der Waals surface area contributed by atoms with E-state index in [0.717, 1.165) is 17.4 Å². The summed E-state index contributed by atoms with van der Waals surface area (Å²) in [7, 11) is 0. The van der Waals surface area contributed by atoms with E-state index in [1.54, 1.807) is 56.3 Å². The van der Waals surface area contributed by atoms with Crippen LogP contribution in [0.3, 0.4) is 0 Å². The third-order valence-corrected chi connectivity index (χ3v) is 7.36. The number of anilines is 1. The molecule has 2 aromatic rings. The van der Waals surface area contributed by atoms with Crippen molar-refractivity contribution in [2.45, 2.75) is 58.1 Å². The summed E-state index contributed by atoms with van der Waals surface area (Å²) < 4.78 is 26.5. The second-order valence-electron chi connectivity index (χ2n) is 11.7. The van der Waals surface area contributed by atoms with E-state index >= 15 is 0 Å². The van der Waals surface area contributed by atoms with Gasteiger partial charge in [-0.15, -0.1) is 12.4 Å². The maximum absolute atomic E-state index is 14.5. The lowest BCUT2D eigenvalue weighted by Crippen LogP contribution is -2.62. The van der Waals surface area contributed by atoms with Crippen molar-refractivity contribution in [3.63, 3.8) is 0 Å². The van der Waals surface area contributed by atoms with Crippen LogP contribution in [-0.2, 0) is 54.2 Å². The van der Waals surface area contributed by atoms with E-state index in [1.807, 2.05) is 0 Å². The first-order valence-electron chi connectivity index (χ1n) is 16.8. The fourth-order valence-corrected chi connectivity index (χ4v) is 5.05. The van der Waals surface area contributed by atoms with Crippen LogP contribution in [0.2, 0.25) is 0 Å². The predicted octanol–water partition coefficient (Wildman–Crippen LogP) is 0.951. The summed E-state index contributed by atoms with van der Waals surface area (Å²) in [4.78, 5) is 82.5. The van der Waals surface area contributed by atoms with Gasteiger partial charge >= 0.3 is 18.0 Å². The van der Waals surface area contributed by atoms with Crippen LogP contribution in [0.4, 0.5) is 10.5 Å². The van der Waals surface area contributed by atoms with E-state index in [9.17, 15) is 28.8 Å². The number of aliphatic hydroxyl groups is 1. The van der Waals surface area contributed by atoms with Crippen molar-refractivity contribution in [3.8, 4) is 0 Å². The molecular formula is C35H48ClN5O12. The van der Waals surface area contributed by atoms with Crippen molar-refractivity contribution in [2.24, 2.45) is 5.73 Å². The zero-order chi connectivity index (χ0) is 38.0. The number of rotatable bonds is 22. The fraction of sp³-hybridized carbons (Fsp3) is 0.486. The molecule has 292 valence electrons. The van der Waals surface area contributed by atoms with E-state index in [0.29, 0.717) is 23.7 Å². The normalized spacial score (nSPS) is 14.9. The van der Waals surface area contributed by atoms with Crippen LogP contribution in [0.15, 0.2) is 54.6 Å². The molecule has 1 aliphatic heterocycles. The van der Waals surface area contributed by atoms with Gasteiger partial charge < -0.3 is 45.2 Å². The minimum absolute atomic E-state index is 0. The smallest absolute Gasteiger partial charge is 0.351 e. The molecular weight excluding hydrogens is 718 g/mol. The maximum Gasteiger partial charge on any atom is 0.351 e. The first-order valence-corrected chi connectivity index (χ1v) is 16.8. The molecule has 5 N–H and O–H groups in total. The number of ether oxygens (including phenoxy) is 5. The predicted molar refractivity (Wildman–Crippen MR) is 191 cm³/mol. The number of esters is 2. The minimum atomic E-state index is -1.98. The first kappa shape index (κ1) is 44.5. The van der Waals surface area contributed by atoms with Gasteiger partial charge in [-0.05, 0) is 37.1 Å². The molecule has 18 heteroatoms. The Hall–Kier alpha value is -4.65. The molecule has 17 nitrogen and oxygen atoms in total. The van der Waals surface area contributed by atoms with Gasteiger partial charge in [0.15, 0.2) is 0 Å². The number of hydrogen-bond donors (Lipinski definition) is 4. The summed E-state index contributed by atoms with van der Waals surface area (Å²) >= 11 is 0. The van der Waals surface area contributed by atoms with Gasteiger partial charge in [-0.25, -0.2) is 14.5 Å². The van der Waals surface area contributed by atoms with Crippen LogP contribution in [0, 0.1) is 0 Å². The van der Waals surface area contributed by atoms with E-state index in [-0.39, 0.29) is 64.3 Å². The second-order valence-corrected chi connectivity index (χ2v) is 11.7. The lowest BCUT2D eigenvalue weighted by atomic mass is 10.0. The third-order valence-electron chi connectivity index (χ3n) is 7.36. The lowest BCUT2D eigenvalue weighted by molar-refractivity contribution is -0.157. The Kier molecular flexibility index (Phi) is 19.4. The topological polar surface area (TPSA) is 225 Å². The van der Waals surface area contributed by atoms with Gasteiger partial charge in [0.05, 0.1) is 58.8 Å². The molecule has 53 heavy (non-hydrogen) atoms. The van der Waals surface area contributed by atoms with Gasteiger partial charge in [0.25, 0.3) is 11.8 Å². The number of nitrogens with two attached hydrogens (primary N) is 1. The van der Waals surface area contributed by atoms with Gasteiger partial charge in [0.2, 0.25) is 12.1 Å². The Morgan fingerprint density at radius 2 is 1.49 bits per heavy atom. The molecule has 1 aliphatic rings. The Morgan fingerprint density at radius 1 is 0.906 bits per heavy atom. The summed E-state index contributed by atoms with van der Waals surface area (Å²) in [6, 6.07) is 10.5. The van der Waals surface area contributed by atoms with Gasteiger partial charge in [0.1, 0.15) is 18.7 Å². The molecule has 1 heterocycles. The molecule has 0 spiro atoms. The van der Waals surface area contributed by atoms with E-state index in [1.165, 1.54) is 12.1 Å². The number of nitrogens with zero attached hydrogens (tertiary/aromatic N) is 2. The quantitative estimate of drug-likeness (QED) is 0.0745. The molecule has 1 saturated heterocycles. The standard InChI is InChI=1S/C35H47N5O12.ClH/c1-23(2)52-34(46)31(40-33(45)30(38-35(40)47)26-11-9-25(22-36)10-12-26)39(27-7-5-4-6-8-27)32(44)28(37-24(3)42)21-29(43)51-20-19-50-18-17-49-16-15-48-14-13-41;/h4-12,23,28,30-31,41H,13-22,36H2,1-3H3,(H,37,42)(H,38,47);1H/t28-,30?,31-;/m0./s1. The summed E-state index contributed by atoms with van der Waals surface area (Å²) in [5.41, 5.74) is 6.96. The highest BCUT2D eigenvalue weighted by molar-refractivity contribution is 6.11. The van der Waals surface area contributed by atoms with E-state index in [4.69, 9.17) is 34.5 Å². The first-order chi connectivity index (χ1) is 25.0. The number of hydrogen-bond acceptors (Lipinski definition) is 13. The zero-order valence-corrected chi connectivity index (χ0v) is 30.7. The Morgan fingerprint density at radius 3 is 2.04 bits per heavy atom. The van der Waals surface area contributed by atoms with Crippen LogP contribution >= 0.6 is 12.4 Å². The van der Waals surface area contributed by atoms with Crippen molar-refractivity contribution in [1.82, 2.24) is 15.5 Å². The van der Waals surface area contributed by atoms with E-state index < -0.39 is 66.5 Å². The minimum Gasteiger partial charge on any atom is -0.463 e. The van der Waals surface area contributed by atoms with Crippen LogP contribution in [0.1, 0.15) is 44.4 Å². The summed E-state index contributed by atoms with van der Waals surface area (Å²) in [5.74, 6) is -4.52. The lowest BCUT2D eigenvalue weighted by Gasteiger charge is -2.36. The molecule has 1 fully saturated rings. The monoisotopic (exact) mass is 765 g/mol. The zero-order valence-electron chi connectivity index (χ0n) is 29.9. The summed E-state index contributed by atoms with van der Waals surface area (Å²) in [5, 5.41) is 13.7. The highest BCUT2D eigenvalue weighted by Gasteiger charge is 2.51. The van der Waals surface area contributed by atoms with E-state index in [2.05, 4.69) is 10.6 Å². The number of aliphatic hydroxyl groups excluding tert-OH is 1. The van der Waals surface area contributed by atoms with Crippen molar-refractivity contribution in [3.05, 3.63) is 65.7 Å². The molecule has 5 amide bonds. The molecule has 3 atom stereocenters. The summed E-state index contributed by atoms with van der Waals surface area (Å²) in [6.07, 6.45) is -3.37. The van der Waals surface area contributed by atoms with Crippen LogP contribution < -0.4 is 21.3 Å². The Labute approximate surface area is 313 Å². The molecule has 0 aliphatic carbocycles. The van der Waals surface area contributed by atoms with Crippen LogP contribution in [-0.4, -0.2) is 117 Å². The highest BCUT2D eigenvalue weighted by Crippen LogP contribution is 2.29. The number of para-hydroxylation sites is 1. The second kappa shape index (κ2) is 23.1. The van der Waals surface area contributed by atoms with Crippen molar-refractivity contribution in [1.29, 1.82) is 0 Å². The third kappa shape index (κ3) is 13.7. The SMILES string of the molecule is CC(=O)N[C@@H](CC(=O)OCCOCCOCCOCCO)C(=O)N(c1ccccc1)[C@H](C(=O)OC(C)C)N1C(=O)NC(c2ccc(CN)cc2)C1=O.Cl.